The van der Waals surface area contributed by atoms with Crippen molar-refractivity contribution in [1.82, 2.24) is 5.48 Å². The van der Waals surface area contributed by atoms with Gasteiger partial charge in [0.05, 0.1) is 25.4 Å². The molecule has 0 amide bonds. The number of rotatable bonds is 3. The Morgan fingerprint density at radius 2 is 2.08 bits per heavy atom. The molecule has 2 heterocycles. The normalized spacial score (nSPS) is 24.5. The Labute approximate surface area is 161 Å². The van der Waals surface area contributed by atoms with Crippen LogP contribution in [-0.2, 0) is 26.5 Å². The summed E-state index contributed by atoms with van der Waals surface area (Å²) in [4.78, 5) is 5.33. The summed E-state index contributed by atoms with van der Waals surface area (Å²) in [5.41, 5.74) is 4.28. The van der Waals surface area contributed by atoms with Gasteiger partial charge in [-0.2, -0.15) is 5.48 Å². The van der Waals surface area contributed by atoms with Crippen LogP contribution in [0.4, 0.5) is 4.39 Å². The highest BCUT2D eigenvalue weighted by Gasteiger charge is 2.49. The molecule has 0 aliphatic carbocycles. The lowest BCUT2D eigenvalue weighted by molar-refractivity contribution is -0.0226. The number of hydroxylamine groups is 1. The van der Waals surface area contributed by atoms with Crippen molar-refractivity contribution in [2.75, 3.05) is 26.9 Å². The molecule has 0 aromatic heterocycles. The van der Waals surface area contributed by atoms with Gasteiger partial charge in [0, 0.05) is 29.7 Å². The number of ether oxygens (including phenoxy) is 2. The first kappa shape index (κ1) is 19.5. The van der Waals surface area contributed by atoms with Gasteiger partial charge in [0.2, 0.25) is 0 Å². The van der Waals surface area contributed by atoms with Gasteiger partial charge >= 0.3 is 0 Å². The van der Waals surface area contributed by atoms with Crippen LogP contribution >= 0.6 is 15.9 Å². The fourth-order valence-corrected chi connectivity index (χ4v) is 3.73. The summed E-state index contributed by atoms with van der Waals surface area (Å²) < 4.78 is 25.3. The van der Waals surface area contributed by atoms with E-state index in [1.807, 2.05) is 30.3 Å². The van der Waals surface area contributed by atoms with Crippen molar-refractivity contribution in [2.45, 2.75) is 18.6 Å². The van der Waals surface area contributed by atoms with Crippen LogP contribution in [0.25, 0.3) is 0 Å². The van der Waals surface area contributed by atoms with Gasteiger partial charge in [-0.1, -0.05) is 46.3 Å². The average Bonchev–Trinajstić information content (AvgIpc) is 3.10. The monoisotopic (exact) mass is 423 g/mol. The van der Waals surface area contributed by atoms with Crippen LogP contribution in [0.3, 0.4) is 0 Å². The molecule has 2 aromatic carbocycles. The lowest BCUT2D eigenvalue weighted by Gasteiger charge is -2.37. The molecular weight excluding hydrogens is 401 g/mol. The minimum atomic E-state index is -0.536. The zero-order chi connectivity index (χ0) is 18.4. The van der Waals surface area contributed by atoms with E-state index in [0.717, 1.165) is 10.9 Å². The predicted octanol–water partition coefficient (Wildman–Crippen LogP) is 4.19. The van der Waals surface area contributed by atoms with E-state index < -0.39 is 5.54 Å². The molecule has 2 saturated heterocycles. The van der Waals surface area contributed by atoms with Gasteiger partial charge in [0.25, 0.3) is 0 Å². The summed E-state index contributed by atoms with van der Waals surface area (Å²) in [5.74, 6) is 0.0433. The first-order valence-corrected chi connectivity index (χ1v) is 9.40. The Kier molecular flexibility index (Phi) is 6.78. The van der Waals surface area contributed by atoms with Crippen molar-refractivity contribution in [3.63, 3.8) is 0 Å². The van der Waals surface area contributed by atoms with Crippen molar-refractivity contribution >= 4 is 15.9 Å². The van der Waals surface area contributed by atoms with Crippen LogP contribution in [0.1, 0.15) is 17.5 Å². The fourth-order valence-electron chi connectivity index (χ4n) is 3.37. The number of benzene rings is 2. The summed E-state index contributed by atoms with van der Waals surface area (Å²) >= 11 is 3.38. The second-order valence-corrected chi connectivity index (χ2v) is 7.38. The second kappa shape index (κ2) is 9.06. The van der Waals surface area contributed by atoms with Gasteiger partial charge in [0.15, 0.2) is 0 Å². The van der Waals surface area contributed by atoms with Gasteiger partial charge in [0.1, 0.15) is 5.82 Å². The zero-order valence-electron chi connectivity index (χ0n) is 14.7. The maximum absolute atomic E-state index is 14.0. The molecule has 4 rings (SSSR count). The Hall–Kier alpha value is -1.31. The molecule has 2 aliphatic rings. The van der Waals surface area contributed by atoms with E-state index in [9.17, 15) is 4.39 Å². The highest BCUT2D eigenvalue weighted by molar-refractivity contribution is 9.10. The first-order valence-electron chi connectivity index (χ1n) is 8.61. The molecule has 140 valence electrons. The van der Waals surface area contributed by atoms with Crippen molar-refractivity contribution in [3.8, 4) is 0 Å². The molecule has 6 heteroatoms. The van der Waals surface area contributed by atoms with E-state index in [1.54, 1.807) is 19.2 Å². The van der Waals surface area contributed by atoms with Crippen LogP contribution in [0.2, 0.25) is 0 Å². The van der Waals surface area contributed by atoms with Crippen LogP contribution in [0, 0.1) is 11.7 Å². The third-order valence-corrected chi connectivity index (χ3v) is 5.23. The van der Waals surface area contributed by atoms with Crippen LogP contribution in [0.15, 0.2) is 53.0 Å². The molecule has 0 saturated carbocycles. The lowest BCUT2D eigenvalue weighted by atomic mass is 9.77. The van der Waals surface area contributed by atoms with Gasteiger partial charge < -0.3 is 14.3 Å². The summed E-state index contributed by atoms with van der Waals surface area (Å²) in [6.45, 7) is 2.48. The van der Waals surface area contributed by atoms with Gasteiger partial charge in [-0.05, 0) is 30.2 Å². The predicted molar refractivity (Wildman–Crippen MR) is 101 cm³/mol. The van der Waals surface area contributed by atoms with E-state index in [2.05, 4.69) is 21.4 Å². The molecule has 1 N–H and O–H groups in total. The molecule has 2 atom stereocenters. The molecule has 2 aliphatic heterocycles. The fraction of sp³-hybridized carbons (Fsp3) is 0.400. The zero-order valence-corrected chi connectivity index (χ0v) is 16.3. The summed E-state index contributed by atoms with van der Waals surface area (Å²) in [6.07, 6.45) is 0.888. The van der Waals surface area contributed by atoms with E-state index in [-0.39, 0.29) is 11.7 Å². The molecule has 1 unspecified atom stereocenters. The SMILES string of the molecule is COCc1ccccc1.Fc1ccc(Br)cc1[C@]12COCCC1CON2. The number of fused-ring (bicyclic) bond motifs is 1. The Morgan fingerprint density at radius 3 is 2.85 bits per heavy atom. The van der Waals surface area contributed by atoms with E-state index >= 15 is 0 Å². The van der Waals surface area contributed by atoms with Crippen molar-refractivity contribution < 1.29 is 18.7 Å². The van der Waals surface area contributed by atoms with Gasteiger partial charge in [-0.25, -0.2) is 4.39 Å². The standard InChI is InChI=1S/C12H13BrFNO2.C8H10O/c13-9-1-2-11(14)10(5-9)12-7-16-4-3-8(12)6-17-15-12;1-9-7-8-5-3-2-4-6-8/h1-2,5,8,15H,3-4,6-7H2;2-6H,7H2,1H3/t8?,12-;/m0./s1. The number of hydrogen-bond acceptors (Lipinski definition) is 4. The molecule has 2 fully saturated rings. The molecule has 26 heavy (non-hydrogen) atoms. The van der Waals surface area contributed by atoms with Crippen molar-refractivity contribution in [1.29, 1.82) is 0 Å². The third kappa shape index (κ3) is 4.32. The molecule has 0 spiro atoms. The summed E-state index contributed by atoms with van der Waals surface area (Å²) in [6, 6.07) is 15.1. The maximum Gasteiger partial charge on any atom is 0.128 e. The minimum absolute atomic E-state index is 0.221. The molecule has 2 aromatic rings. The molecule has 4 nitrogen and oxygen atoms in total. The average molecular weight is 424 g/mol. The number of hydrogen-bond donors (Lipinski definition) is 1. The maximum atomic E-state index is 14.0. The van der Waals surface area contributed by atoms with Crippen LogP contribution < -0.4 is 5.48 Å². The highest BCUT2D eigenvalue weighted by atomic mass is 79.9. The lowest BCUT2D eigenvalue weighted by Crippen LogP contribution is -2.49. The largest absolute Gasteiger partial charge is 0.380 e. The topological polar surface area (TPSA) is 39.7 Å². The highest BCUT2D eigenvalue weighted by Crippen LogP contribution is 2.41. The minimum Gasteiger partial charge on any atom is -0.380 e. The van der Waals surface area contributed by atoms with Crippen molar-refractivity contribution in [3.05, 3.63) is 69.9 Å². The van der Waals surface area contributed by atoms with Crippen molar-refractivity contribution in [2.24, 2.45) is 5.92 Å². The van der Waals surface area contributed by atoms with Crippen LogP contribution in [-0.4, -0.2) is 26.9 Å². The third-order valence-electron chi connectivity index (χ3n) is 4.74. The molecule has 0 radical (unpaired) electrons. The second-order valence-electron chi connectivity index (χ2n) is 6.47. The Morgan fingerprint density at radius 1 is 1.27 bits per heavy atom. The Balaban J connectivity index is 0.000000185. The quantitative estimate of drug-likeness (QED) is 0.803. The summed E-state index contributed by atoms with van der Waals surface area (Å²) in [5, 5.41) is 0. The number of methoxy groups -OCH3 is 1. The summed E-state index contributed by atoms with van der Waals surface area (Å²) in [7, 11) is 1.70. The Bertz CT molecular complexity index is 715. The molecule has 0 bridgehead atoms. The first-order chi connectivity index (χ1) is 12.7. The number of nitrogens with one attached hydrogen (secondary N) is 1. The van der Waals surface area contributed by atoms with E-state index in [0.29, 0.717) is 32.0 Å². The number of halogens is 2. The van der Waals surface area contributed by atoms with E-state index in [1.165, 1.54) is 11.6 Å². The van der Waals surface area contributed by atoms with Crippen LogP contribution in [0.5, 0.6) is 0 Å². The molecular formula is C20H23BrFNO3. The van der Waals surface area contributed by atoms with Gasteiger partial charge in [-0.3, -0.25) is 0 Å². The van der Waals surface area contributed by atoms with Gasteiger partial charge in [-0.15, -0.1) is 0 Å². The smallest absolute Gasteiger partial charge is 0.128 e. The van der Waals surface area contributed by atoms with E-state index in [4.69, 9.17) is 14.3 Å².